The van der Waals surface area contributed by atoms with E-state index in [1.165, 1.54) is 47.5 Å². The predicted molar refractivity (Wildman–Crippen MR) is 85.8 cm³/mol. The van der Waals surface area contributed by atoms with Crippen molar-refractivity contribution in [1.82, 2.24) is 0 Å². The first-order valence-electron chi connectivity index (χ1n) is 7.67. The van der Waals surface area contributed by atoms with Crippen LogP contribution in [0.5, 0.6) is 0 Å². The number of benzene rings is 1. The molecule has 1 aromatic rings. The van der Waals surface area contributed by atoms with Gasteiger partial charge in [-0.05, 0) is 50.2 Å². The van der Waals surface area contributed by atoms with E-state index in [4.69, 9.17) is 5.73 Å². The van der Waals surface area contributed by atoms with Crippen LogP contribution in [0.3, 0.4) is 0 Å². The van der Waals surface area contributed by atoms with E-state index < -0.39 is 0 Å². The molecule has 106 valence electrons. The third-order valence-electron chi connectivity index (χ3n) is 4.17. The summed E-state index contributed by atoms with van der Waals surface area (Å²) in [6.07, 6.45) is 7.82. The van der Waals surface area contributed by atoms with Gasteiger partial charge in [0.15, 0.2) is 0 Å². The molecule has 0 spiro atoms. The Morgan fingerprint density at radius 2 is 2.05 bits per heavy atom. The summed E-state index contributed by atoms with van der Waals surface area (Å²) in [6.45, 7) is 4.35. The standard InChI is InChI=1S/C17H27NS/c1-3-16(18)11-15-10-13(2)8-9-17(15)19-12-14-6-4-5-7-14/h8-10,14,16H,3-7,11-12,18H2,1-2H3. The molecule has 1 atom stereocenters. The number of nitrogens with two attached hydrogens (primary N) is 1. The van der Waals surface area contributed by atoms with Gasteiger partial charge in [0.1, 0.15) is 0 Å². The van der Waals surface area contributed by atoms with Gasteiger partial charge in [0.2, 0.25) is 0 Å². The fraction of sp³-hybridized carbons (Fsp3) is 0.647. The van der Waals surface area contributed by atoms with E-state index in [9.17, 15) is 0 Å². The second kappa shape index (κ2) is 7.35. The molecule has 0 heterocycles. The molecule has 0 aromatic heterocycles. The molecule has 1 aromatic carbocycles. The van der Waals surface area contributed by atoms with Crippen LogP contribution < -0.4 is 5.73 Å². The van der Waals surface area contributed by atoms with Crippen molar-refractivity contribution in [2.24, 2.45) is 11.7 Å². The van der Waals surface area contributed by atoms with Gasteiger partial charge < -0.3 is 5.73 Å². The number of rotatable bonds is 6. The lowest BCUT2D eigenvalue weighted by Crippen LogP contribution is -2.21. The van der Waals surface area contributed by atoms with E-state index in [2.05, 4.69) is 32.0 Å². The number of hydrogen-bond acceptors (Lipinski definition) is 2. The van der Waals surface area contributed by atoms with Crippen molar-refractivity contribution in [1.29, 1.82) is 0 Å². The van der Waals surface area contributed by atoms with Crippen molar-refractivity contribution >= 4 is 11.8 Å². The smallest absolute Gasteiger partial charge is 0.0105 e. The van der Waals surface area contributed by atoms with E-state index in [-0.39, 0.29) is 0 Å². The minimum Gasteiger partial charge on any atom is -0.327 e. The molecular weight excluding hydrogens is 250 g/mol. The average molecular weight is 277 g/mol. The Morgan fingerprint density at radius 1 is 1.32 bits per heavy atom. The molecule has 1 unspecified atom stereocenters. The predicted octanol–water partition coefficient (Wildman–Crippen LogP) is 4.56. The maximum atomic E-state index is 6.13. The maximum Gasteiger partial charge on any atom is 0.0105 e. The third kappa shape index (κ3) is 4.54. The molecule has 2 N–H and O–H groups in total. The summed E-state index contributed by atoms with van der Waals surface area (Å²) >= 11 is 2.05. The lowest BCUT2D eigenvalue weighted by Gasteiger charge is -2.15. The van der Waals surface area contributed by atoms with Crippen LogP contribution in [0.25, 0.3) is 0 Å². The van der Waals surface area contributed by atoms with E-state index in [0.717, 1.165) is 18.8 Å². The fourth-order valence-corrected chi connectivity index (χ4v) is 4.06. The van der Waals surface area contributed by atoms with E-state index in [1.54, 1.807) is 0 Å². The molecule has 0 aliphatic heterocycles. The minimum atomic E-state index is 0.299. The molecule has 1 saturated carbocycles. The van der Waals surface area contributed by atoms with Crippen LogP contribution in [-0.2, 0) is 6.42 Å². The summed E-state index contributed by atoms with van der Waals surface area (Å²) in [5, 5.41) is 0. The minimum absolute atomic E-state index is 0.299. The summed E-state index contributed by atoms with van der Waals surface area (Å²) < 4.78 is 0. The Balaban J connectivity index is 2.00. The molecule has 19 heavy (non-hydrogen) atoms. The van der Waals surface area contributed by atoms with Gasteiger partial charge in [0.25, 0.3) is 0 Å². The van der Waals surface area contributed by atoms with Gasteiger partial charge in [-0.1, -0.05) is 37.5 Å². The van der Waals surface area contributed by atoms with Gasteiger partial charge in [0.05, 0.1) is 0 Å². The number of aryl methyl sites for hydroxylation is 1. The zero-order valence-corrected chi connectivity index (χ0v) is 13.1. The van der Waals surface area contributed by atoms with Crippen LogP contribution in [0.15, 0.2) is 23.1 Å². The van der Waals surface area contributed by atoms with Crippen LogP contribution in [0.4, 0.5) is 0 Å². The first kappa shape index (κ1) is 14.9. The summed E-state index contributed by atoms with van der Waals surface area (Å²) in [7, 11) is 0. The highest BCUT2D eigenvalue weighted by Gasteiger charge is 2.16. The first-order chi connectivity index (χ1) is 9.19. The molecule has 1 fully saturated rings. The van der Waals surface area contributed by atoms with Crippen LogP contribution in [0.2, 0.25) is 0 Å². The second-order valence-corrected chi connectivity index (χ2v) is 7.01. The summed E-state index contributed by atoms with van der Waals surface area (Å²) in [6, 6.07) is 7.16. The zero-order valence-electron chi connectivity index (χ0n) is 12.3. The lowest BCUT2D eigenvalue weighted by atomic mass is 10.0. The van der Waals surface area contributed by atoms with Crippen LogP contribution in [0, 0.1) is 12.8 Å². The molecule has 0 saturated heterocycles. The SMILES string of the molecule is CCC(N)Cc1cc(C)ccc1SCC1CCCC1. The van der Waals surface area contributed by atoms with Crippen molar-refractivity contribution in [2.75, 3.05) is 5.75 Å². The molecule has 2 heteroatoms. The maximum absolute atomic E-state index is 6.13. The van der Waals surface area contributed by atoms with Gasteiger partial charge in [-0.3, -0.25) is 0 Å². The highest BCUT2D eigenvalue weighted by Crippen LogP contribution is 2.33. The van der Waals surface area contributed by atoms with Gasteiger partial charge in [0, 0.05) is 16.7 Å². The van der Waals surface area contributed by atoms with E-state index >= 15 is 0 Å². The van der Waals surface area contributed by atoms with Gasteiger partial charge in [-0.2, -0.15) is 0 Å². The Labute approximate surface area is 122 Å². The molecule has 2 rings (SSSR count). The third-order valence-corrected chi connectivity index (χ3v) is 5.52. The molecular formula is C17H27NS. The van der Waals surface area contributed by atoms with Gasteiger partial charge in [-0.25, -0.2) is 0 Å². The molecule has 1 nitrogen and oxygen atoms in total. The molecule has 0 radical (unpaired) electrons. The van der Waals surface area contributed by atoms with E-state index in [0.29, 0.717) is 6.04 Å². The quantitative estimate of drug-likeness (QED) is 0.772. The number of thioether (sulfide) groups is 1. The second-order valence-electron chi connectivity index (χ2n) is 5.95. The topological polar surface area (TPSA) is 26.0 Å². The van der Waals surface area contributed by atoms with Gasteiger partial charge >= 0.3 is 0 Å². The Kier molecular flexibility index (Phi) is 5.77. The normalized spacial score (nSPS) is 17.8. The Bertz CT molecular complexity index is 396. The summed E-state index contributed by atoms with van der Waals surface area (Å²) in [5.74, 6) is 2.23. The van der Waals surface area contributed by atoms with Crippen molar-refractivity contribution in [2.45, 2.75) is 63.3 Å². The van der Waals surface area contributed by atoms with E-state index in [1.807, 2.05) is 11.8 Å². The van der Waals surface area contributed by atoms with Gasteiger partial charge in [-0.15, -0.1) is 11.8 Å². The summed E-state index contributed by atoms with van der Waals surface area (Å²) in [5.41, 5.74) is 8.94. The molecule has 1 aliphatic carbocycles. The van der Waals surface area contributed by atoms with Crippen LogP contribution >= 0.6 is 11.8 Å². The monoisotopic (exact) mass is 277 g/mol. The average Bonchev–Trinajstić information content (AvgIpc) is 2.91. The van der Waals surface area contributed by atoms with Crippen molar-refractivity contribution in [3.8, 4) is 0 Å². The highest BCUT2D eigenvalue weighted by atomic mass is 32.2. The highest BCUT2D eigenvalue weighted by molar-refractivity contribution is 7.99. The van der Waals surface area contributed by atoms with Crippen molar-refractivity contribution < 1.29 is 0 Å². The Hall–Kier alpha value is -0.470. The first-order valence-corrected chi connectivity index (χ1v) is 8.65. The van der Waals surface area contributed by atoms with Crippen molar-refractivity contribution in [3.63, 3.8) is 0 Å². The molecule has 0 amide bonds. The largest absolute Gasteiger partial charge is 0.327 e. The molecule has 0 bridgehead atoms. The van der Waals surface area contributed by atoms with Crippen molar-refractivity contribution in [3.05, 3.63) is 29.3 Å². The number of hydrogen-bond donors (Lipinski definition) is 1. The zero-order chi connectivity index (χ0) is 13.7. The summed E-state index contributed by atoms with van der Waals surface area (Å²) in [4.78, 5) is 1.46. The van der Waals surface area contributed by atoms with Crippen LogP contribution in [0.1, 0.15) is 50.2 Å². The lowest BCUT2D eigenvalue weighted by molar-refractivity contribution is 0.622. The van der Waals surface area contributed by atoms with Crippen LogP contribution in [-0.4, -0.2) is 11.8 Å². The Morgan fingerprint density at radius 3 is 2.74 bits per heavy atom. The molecule has 1 aliphatic rings. The fourth-order valence-electron chi connectivity index (χ4n) is 2.82.